The van der Waals surface area contributed by atoms with Gasteiger partial charge in [-0.25, -0.2) is 31.1 Å². The maximum absolute atomic E-state index is 13.1. The van der Waals surface area contributed by atoms with Crippen LogP contribution in [0.15, 0.2) is 81.9 Å². The fourth-order valence-corrected chi connectivity index (χ4v) is 8.29. The monoisotopic (exact) mass is 664 g/mol. The number of hydrogen-bond donors (Lipinski definition) is 3. The van der Waals surface area contributed by atoms with Crippen molar-refractivity contribution in [3.8, 4) is 0 Å². The predicted octanol–water partition coefficient (Wildman–Crippen LogP) is 3.49. The third kappa shape index (κ3) is 7.90. The lowest BCUT2D eigenvalue weighted by molar-refractivity contribution is -0.156. The third-order valence-electron chi connectivity index (χ3n) is 6.32. The highest BCUT2D eigenvalue weighted by molar-refractivity contribution is 7.91. The summed E-state index contributed by atoms with van der Waals surface area (Å²) in [7, 11) is -4.25. The molecule has 0 saturated heterocycles. The van der Waals surface area contributed by atoms with Crippen molar-refractivity contribution in [1.82, 2.24) is 14.3 Å². The Kier molecular flexibility index (Phi) is 10.1. The average Bonchev–Trinajstić information content (AvgIpc) is 3.43. The number of carboxylic acids is 1. The number of rotatable bonds is 12. The molecule has 0 aliphatic carbocycles. The van der Waals surface area contributed by atoms with Crippen LogP contribution in [0.4, 0.5) is 5.69 Å². The van der Waals surface area contributed by atoms with Gasteiger partial charge in [0.25, 0.3) is 0 Å². The summed E-state index contributed by atoms with van der Waals surface area (Å²) in [6, 6.07) is 19.8. The standard InChI is InChI=1S/C28H29ClN4O7S3/c1-32(2)24-10-4-9-23-22(24)8-5-11-25(23)42(37,38)30-14-15-31-43(39,40)26-13-12-21(41-26)18-33(27(34)28(35)36)17-19-6-3-7-20(29)16-19/h3-13,16,30-31H,14-15,17-18H2,1-2H3,(H,35,36). The molecule has 0 atom stereocenters. The molecule has 0 unspecified atom stereocenters. The Hall–Kier alpha value is -3.53. The fraction of sp³-hybridized carbons (Fsp3) is 0.214. The van der Waals surface area contributed by atoms with Gasteiger partial charge in [0.1, 0.15) is 4.21 Å². The Labute approximate surface area is 258 Å². The van der Waals surface area contributed by atoms with Crippen LogP contribution in [0.5, 0.6) is 0 Å². The first-order chi connectivity index (χ1) is 20.3. The molecule has 0 bridgehead atoms. The van der Waals surface area contributed by atoms with Crippen LogP contribution in [-0.4, -0.2) is 65.9 Å². The number of nitrogens with one attached hydrogen (secondary N) is 2. The Morgan fingerprint density at radius 3 is 2.16 bits per heavy atom. The number of sulfonamides is 2. The van der Waals surface area contributed by atoms with E-state index < -0.39 is 31.9 Å². The smallest absolute Gasteiger partial charge is 0.394 e. The lowest BCUT2D eigenvalue weighted by atomic mass is 10.1. The number of halogens is 1. The summed E-state index contributed by atoms with van der Waals surface area (Å²) in [4.78, 5) is 27.2. The van der Waals surface area contributed by atoms with Crippen LogP contribution in [0.3, 0.4) is 0 Å². The number of carbonyl (C=O) groups is 2. The molecule has 3 aromatic carbocycles. The Balaban J connectivity index is 1.40. The lowest BCUT2D eigenvalue weighted by Crippen LogP contribution is -2.35. The number of anilines is 1. The van der Waals surface area contributed by atoms with Gasteiger partial charge in [0.15, 0.2) is 0 Å². The topological polar surface area (TPSA) is 153 Å². The quantitative estimate of drug-likeness (QED) is 0.154. The minimum Gasteiger partial charge on any atom is -0.474 e. The van der Waals surface area contributed by atoms with E-state index in [9.17, 15) is 31.5 Å². The summed E-state index contributed by atoms with van der Waals surface area (Å²) in [5.74, 6) is -2.79. The maximum Gasteiger partial charge on any atom is 0.394 e. The summed E-state index contributed by atoms with van der Waals surface area (Å²) >= 11 is 6.87. The number of aliphatic carboxylic acids is 1. The molecule has 3 N–H and O–H groups in total. The van der Waals surface area contributed by atoms with Gasteiger partial charge < -0.3 is 14.9 Å². The molecule has 0 spiro atoms. The van der Waals surface area contributed by atoms with Gasteiger partial charge in [-0.05, 0) is 42.0 Å². The van der Waals surface area contributed by atoms with Gasteiger partial charge >= 0.3 is 11.9 Å². The Morgan fingerprint density at radius 1 is 0.837 bits per heavy atom. The third-order valence-corrected chi connectivity index (χ3v) is 11.1. The second kappa shape index (κ2) is 13.4. The van der Waals surface area contributed by atoms with Crippen LogP contribution in [0, 0.1) is 0 Å². The molecular weight excluding hydrogens is 636 g/mol. The van der Waals surface area contributed by atoms with Gasteiger partial charge in [-0.15, -0.1) is 11.3 Å². The van der Waals surface area contributed by atoms with E-state index in [-0.39, 0.29) is 35.3 Å². The molecule has 0 aliphatic heterocycles. The highest BCUT2D eigenvalue weighted by Crippen LogP contribution is 2.30. The van der Waals surface area contributed by atoms with Gasteiger partial charge in [0.05, 0.1) is 11.4 Å². The first kappa shape index (κ1) is 32.4. The highest BCUT2D eigenvalue weighted by Gasteiger charge is 2.24. The number of carbonyl (C=O) groups excluding carboxylic acids is 1. The minimum atomic E-state index is -4.02. The van der Waals surface area contributed by atoms with Crippen molar-refractivity contribution in [3.63, 3.8) is 0 Å². The van der Waals surface area contributed by atoms with Gasteiger partial charge in [0, 0.05) is 60.1 Å². The molecule has 228 valence electrons. The molecule has 1 heterocycles. The van der Waals surface area contributed by atoms with E-state index >= 15 is 0 Å². The van der Waals surface area contributed by atoms with Crippen molar-refractivity contribution >= 4 is 71.3 Å². The second-order valence-electron chi connectivity index (χ2n) is 9.64. The predicted molar refractivity (Wildman–Crippen MR) is 166 cm³/mol. The average molecular weight is 665 g/mol. The van der Waals surface area contributed by atoms with Crippen LogP contribution in [0.25, 0.3) is 10.8 Å². The normalized spacial score (nSPS) is 11.9. The van der Waals surface area contributed by atoms with Gasteiger partial charge in [-0.3, -0.25) is 4.79 Å². The molecule has 0 fully saturated rings. The molecule has 0 saturated carbocycles. The Morgan fingerprint density at radius 2 is 1.49 bits per heavy atom. The summed E-state index contributed by atoms with van der Waals surface area (Å²) < 4.78 is 56.8. The molecule has 0 radical (unpaired) electrons. The first-order valence-corrected chi connectivity index (χ1v) is 17.0. The van der Waals surface area contributed by atoms with Crippen molar-refractivity contribution in [2.24, 2.45) is 0 Å². The second-order valence-corrected chi connectivity index (χ2v) is 15.0. The van der Waals surface area contributed by atoms with Crippen LogP contribution < -0.4 is 14.3 Å². The van der Waals surface area contributed by atoms with Crippen LogP contribution in [0.2, 0.25) is 5.02 Å². The zero-order valence-electron chi connectivity index (χ0n) is 23.2. The molecule has 1 aromatic heterocycles. The van der Waals surface area contributed by atoms with Crippen molar-refractivity contribution in [1.29, 1.82) is 0 Å². The lowest BCUT2D eigenvalue weighted by Gasteiger charge is -2.20. The van der Waals surface area contributed by atoms with E-state index in [2.05, 4.69) is 9.44 Å². The number of fused-ring (bicyclic) bond motifs is 1. The van der Waals surface area contributed by atoms with Crippen LogP contribution in [-0.2, 0) is 42.7 Å². The van der Waals surface area contributed by atoms with E-state index in [0.717, 1.165) is 27.3 Å². The van der Waals surface area contributed by atoms with E-state index in [1.807, 2.05) is 31.1 Å². The zero-order valence-corrected chi connectivity index (χ0v) is 26.4. The highest BCUT2D eigenvalue weighted by atomic mass is 35.5. The van der Waals surface area contributed by atoms with Crippen LogP contribution >= 0.6 is 22.9 Å². The number of thiophene rings is 1. The van der Waals surface area contributed by atoms with Crippen molar-refractivity contribution in [3.05, 3.63) is 88.3 Å². The Bertz CT molecular complexity index is 1880. The molecular formula is C28H29ClN4O7S3. The van der Waals surface area contributed by atoms with E-state index in [0.29, 0.717) is 20.8 Å². The van der Waals surface area contributed by atoms with E-state index in [1.165, 1.54) is 18.2 Å². The fourth-order valence-electron chi connectivity index (χ4n) is 4.37. The van der Waals surface area contributed by atoms with Gasteiger partial charge in [-0.2, -0.15) is 0 Å². The summed E-state index contributed by atoms with van der Waals surface area (Å²) in [5, 5.41) is 11.0. The molecule has 0 aliphatic rings. The molecule has 11 nitrogen and oxygen atoms in total. The summed E-state index contributed by atoms with van der Waals surface area (Å²) in [5.41, 5.74) is 1.47. The minimum absolute atomic E-state index is 0.0444. The number of amides is 1. The molecule has 43 heavy (non-hydrogen) atoms. The zero-order chi connectivity index (χ0) is 31.4. The van der Waals surface area contributed by atoms with E-state index in [4.69, 9.17) is 11.6 Å². The number of benzene rings is 3. The van der Waals surface area contributed by atoms with E-state index in [1.54, 1.807) is 42.5 Å². The summed E-state index contributed by atoms with van der Waals surface area (Å²) in [6.45, 7) is -0.611. The maximum atomic E-state index is 13.1. The van der Waals surface area contributed by atoms with Gasteiger partial charge in [-0.1, -0.05) is 48.0 Å². The molecule has 4 aromatic rings. The van der Waals surface area contributed by atoms with Crippen molar-refractivity contribution in [2.45, 2.75) is 22.2 Å². The first-order valence-electron chi connectivity index (χ1n) is 12.8. The van der Waals surface area contributed by atoms with Crippen molar-refractivity contribution in [2.75, 3.05) is 32.1 Å². The van der Waals surface area contributed by atoms with Gasteiger partial charge in [0.2, 0.25) is 20.0 Å². The SMILES string of the molecule is CN(C)c1cccc2c(S(=O)(=O)NCCNS(=O)(=O)c3ccc(CN(Cc4cccc(Cl)c4)C(=O)C(=O)O)s3)cccc12. The molecule has 1 amide bonds. The number of carboxylic acid groups (broad SMARTS) is 1. The van der Waals surface area contributed by atoms with Crippen molar-refractivity contribution < 1.29 is 31.5 Å². The molecule has 15 heteroatoms. The largest absolute Gasteiger partial charge is 0.474 e. The number of nitrogens with zero attached hydrogens (tertiary/aromatic N) is 2. The molecule has 4 rings (SSSR count). The number of hydrogen-bond acceptors (Lipinski definition) is 8. The summed E-state index contributed by atoms with van der Waals surface area (Å²) in [6.07, 6.45) is 0. The van der Waals surface area contributed by atoms with Crippen LogP contribution in [0.1, 0.15) is 10.4 Å².